The number of fused-ring (bicyclic) bond motifs is 7. The molecule has 41 heavy (non-hydrogen) atoms. The van der Waals surface area contributed by atoms with Crippen molar-refractivity contribution in [3.63, 3.8) is 0 Å². The summed E-state index contributed by atoms with van der Waals surface area (Å²) in [4.78, 5) is 45.2. The third-order valence-corrected chi connectivity index (χ3v) is 13.8. The van der Waals surface area contributed by atoms with Gasteiger partial charge in [-0.1, -0.05) is 60.5 Å². The SMILES string of the molecule is C#CON(C)C(=O)[C@@]1(C)CC[C@]2(C)CC[C@]3(C)C(=CC(=O)[C@@H]4[C@@]5(C)CC[C@H](OC(C)=O)C(C)(C)C5CC[C@]43C)[C@@H]2C1. The first kappa shape index (κ1) is 30.2. The average Bonchev–Trinajstić information content (AvgIpc) is 2.87. The van der Waals surface area contributed by atoms with Crippen LogP contribution in [0.25, 0.3) is 0 Å². The number of rotatable bonds is 3. The van der Waals surface area contributed by atoms with Gasteiger partial charge in [0.2, 0.25) is 0 Å². The standard InChI is InChI=1S/C35H51NO5/c1-11-40-36(10)29(39)32(6)17-16-31(5)18-19-34(8)23(24(31)21-32)20-25(38)28-33(7)14-13-27(41-22(2)37)30(3,4)26(33)12-15-35(28,34)9/h1,20,24,26-28H,12-19,21H2,2-10H3/t24-,26?,27-,28+,31+,32-,33-,34+,35+/m0/s1. The van der Waals surface area contributed by atoms with E-state index in [1.807, 2.05) is 13.0 Å². The molecule has 5 aliphatic carbocycles. The Morgan fingerprint density at radius 1 is 0.976 bits per heavy atom. The third kappa shape index (κ3) is 4.07. The number of hydrogen-bond donors (Lipinski definition) is 0. The highest BCUT2D eigenvalue weighted by molar-refractivity contribution is 5.95. The monoisotopic (exact) mass is 565 g/mol. The van der Waals surface area contributed by atoms with Crippen LogP contribution >= 0.6 is 0 Å². The zero-order chi connectivity index (χ0) is 30.4. The lowest BCUT2D eigenvalue weighted by molar-refractivity contribution is -0.210. The molecule has 226 valence electrons. The summed E-state index contributed by atoms with van der Waals surface area (Å²) in [7, 11) is 1.60. The quantitative estimate of drug-likeness (QED) is 0.212. The molecule has 6 nitrogen and oxygen atoms in total. The first-order valence-electron chi connectivity index (χ1n) is 15.7. The Balaban J connectivity index is 1.54. The molecule has 0 aromatic rings. The predicted octanol–water partition coefficient (Wildman–Crippen LogP) is 6.88. The van der Waals surface area contributed by atoms with Gasteiger partial charge in [0.05, 0.1) is 5.41 Å². The van der Waals surface area contributed by atoms with E-state index in [2.05, 4.69) is 47.6 Å². The Morgan fingerprint density at radius 2 is 1.63 bits per heavy atom. The number of esters is 1. The summed E-state index contributed by atoms with van der Waals surface area (Å²) < 4.78 is 5.85. The van der Waals surface area contributed by atoms with Gasteiger partial charge in [-0.3, -0.25) is 14.4 Å². The Kier molecular flexibility index (Phi) is 6.88. The van der Waals surface area contributed by atoms with E-state index in [1.165, 1.54) is 17.6 Å². The molecule has 0 spiro atoms. The second-order valence-electron chi connectivity index (χ2n) is 16.2. The van der Waals surface area contributed by atoms with E-state index in [0.29, 0.717) is 12.3 Å². The molecule has 9 atom stereocenters. The number of allylic oxidation sites excluding steroid dienone is 2. The fourth-order valence-electron chi connectivity index (χ4n) is 11.3. The first-order valence-corrected chi connectivity index (χ1v) is 15.7. The summed E-state index contributed by atoms with van der Waals surface area (Å²) in [5, 5.41) is 1.21. The number of nitrogens with zero attached hydrogens (tertiary/aromatic N) is 1. The lowest BCUT2D eigenvalue weighted by atomic mass is 9.33. The van der Waals surface area contributed by atoms with Gasteiger partial charge in [0.1, 0.15) is 12.2 Å². The molecule has 0 heterocycles. The van der Waals surface area contributed by atoms with E-state index in [4.69, 9.17) is 16.0 Å². The third-order valence-electron chi connectivity index (χ3n) is 13.8. The maximum atomic E-state index is 14.5. The van der Waals surface area contributed by atoms with Crippen LogP contribution in [0.3, 0.4) is 0 Å². The topological polar surface area (TPSA) is 72.9 Å². The van der Waals surface area contributed by atoms with Crippen LogP contribution in [0, 0.1) is 62.8 Å². The van der Waals surface area contributed by atoms with E-state index < -0.39 is 5.41 Å². The van der Waals surface area contributed by atoms with Gasteiger partial charge in [-0.25, -0.2) is 0 Å². The highest BCUT2D eigenvalue weighted by Gasteiger charge is 2.70. The second kappa shape index (κ2) is 9.35. The molecule has 4 saturated carbocycles. The molecule has 5 rings (SSSR count). The lowest BCUT2D eigenvalue weighted by Crippen LogP contribution is -2.66. The number of ketones is 1. The van der Waals surface area contributed by atoms with Crippen molar-refractivity contribution < 1.29 is 24.0 Å². The highest BCUT2D eigenvalue weighted by Crippen LogP contribution is 2.75. The Morgan fingerprint density at radius 3 is 2.27 bits per heavy atom. The molecule has 1 amide bonds. The molecule has 0 N–H and O–H groups in total. The number of carbonyl (C=O) groups excluding carboxylic acids is 3. The van der Waals surface area contributed by atoms with Gasteiger partial charge in [0.25, 0.3) is 5.91 Å². The van der Waals surface area contributed by atoms with Gasteiger partial charge in [-0.15, -0.1) is 0 Å². The van der Waals surface area contributed by atoms with Crippen LogP contribution in [0.15, 0.2) is 11.6 Å². The summed E-state index contributed by atoms with van der Waals surface area (Å²) >= 11 is 0. The molecule has 0 aromatic heterocycles. The Labute approximate surface area is 247 Å². The molecular formula is C35H51NO5. The van der Waals surface area contributed by atoms with Crippen molar-refractivity contribution in [2.24, 2.45) is 50.2 Å². The van der Waals surface area contributed by atoms with E-state index in [9.17, 15) is 14.4 Å². The highest BCUT2D eigenvalue weighted by atomic mass is 16.7. The first-order chi connectivity index (χ1) is 18.9. The second-order valence-corrected chi connectivity index (χ2v) is 16.2. The van der Waals surface area contributed by atoms with Crippen molar-refractivity contribution in [2.75, 3.05) is 7.05 Å². The molecular weight excluding hydrogens is 514 g/mol. The Hall–Kier alpha value is -2.29. The minimum absolute atomic E-state index is 0.0609. The van der Waals surface area contributed by atoms with Gasteiger partial charge in [0, 0.05) is 25.3 Å². The van der Waals surface area contributed by atoms with E-state index in [0.717, 1.165) is 51.4 Å². The number of hydrogen-bond acceptors (Lipinski definition) is 5. The minimum Gasteiger partial charge on any atom is -0.462 e. The van der Waals surface area contributed by atoms with E-state index >= 15 is 0 Å². The maximum Gasteiger partial charge on any atom is 0.302 e. The zero-order valence-corrected chi connectivity index (χ0v) is 26.8. The largest absolute Gasteiger partial charge is 0.462 e. The van der Waals surface area contributed by atoms with Gasteiger partial charge in [-0.2, -0.15) is 5.06 Å². The molecule has 0 radical (unpaired) electrons. The van der Waals surface area contributed by atoms with Crippen LogP contribution in [0.1, 0.15) is 113 Å². The van der Waals surface area contributed by atoms with Crippen LogP contribution < -0.4 is 0 Å². The van der Waals surface area contributed by atoms with Gasteiger partial charge in [-0.05, 0) is 97.4 Å². The van der Waals surface area contributed by atoms with Crippen LogP contribution in [-0.4, -0.2) is 35.9 Å². The Bertz CT molecular complexity index is 1230. The number of carbonyl (C=O) groups is 3. The number of terminal acetylenes is 1. The fourth-order valence-corrected chi connectivity index (χ4v) is 11.3. The molecule has 5 aliphatic rings. The van der Waals surface area contributed by atoms with Crippen LogP contribution in [-0.2, 0) is 24.0 Å². The van der Waals surface area contributed by atoms with Crippen molar-refractivity contribution in [1.29, 1.82) is 0 Å². The van der Waals surface area contributed by atoms with Crippen LogP contribution in [0.2, 0.25) is 0 Å². The minimum atomic E-state index is -0.599. The fraction of sp³-hybridized carbons (Fsp3) is 0.800. The van der Waals surface area contributed by atoms with Crippen LogP contribution in [0.4, 0.5) is 0 Å². The summed E-state index contributed by atoms with van der Waals surface area (Å²) in [6.45, 7) is 17.6. The van der Waals surface area contributed by atoms with Gasteiger partial charge in [0.15, 0.2) is 5.78 Å². The summed E-state index contributed by atoms with van der Waals surface area (Å²) in [6.07, 6.45) is 17.7. The van der Waals surface area contributed by atoms with Crippen molar-refractivity contribution in [2.45, 2.75) is 119 Å². The molecule has 0 saturated heterocycles. The number of amides is 1. The normalized spacial score (nSPS) is 46.3. The zero-order valence-electron chi connectivity index (χ0n) is 26.8. The van der Waals surface area contributed by atoms with Gasteiger partial charge < -0.3 is 9.57 Å². The predicted molar refractivity (Wildman–Crippen MR) is 158 cm³/mol. The molecule has 1 unspecified atom stereocenters. The number of ether oxygens (including phenoxy) is 1. The van der Waals surface area contributed by atoms with Crippen molar-refractivity contribution in [1.82, 2.24) is 5.06 Å². The van der Waals surface area contributed by atoms with E-state index in [1.54, 1.807) is 7.05 Å². The van der Waals surface area contributed by atoms with Crippen LogP contribution in [0.5, 0.6) is 0 Å². The van der Waals surface area contributed by atoms with Crippen molar-refractivity contribution >= 4 is 17.7 Å². The molecule has 0 aliphatic heterocycles. The summed E-state index contributed by atoms with van der Waals surface area (Å²) in [5.41, 5.74) is 0.0831. The van der Waals surface area contributed by atoms with Gasteiger partial charge >= 0.3 is 5.97 Å². The molecule has 0 bridgehead atoms. The molecule has 6 heteroatoms. The van der Waals surface area contributed by atoms with E-state index in [-0.39, 0.29) is 62.7 Å². The van der Waals surface area contributed by atoms with Crippen molar-refractivity contribution in [3.05, 3.63) is 11.6 Å². The summed E-state index contributed by atoms with van der Waals surface area (Å²) in [6, 6.07) is 0. The molecule has 4 fully saturated rings. The van der Waals surface area contributed by atoms with Crippen molar-refractivity contribution in [3.8, 4) is 12.5 Å². The lowest BCUT2D eigenvalue weighted by Gasteiger charge is -2.70. The average molecular weight is 566 g/mol. The molecule has 0 aromatic carbocycles. The smallest absolute Gasteiger partial charge is 0.302 e. The summed E-state index contributed by atoms with van der Waals surface area (Å²) in [5.74, 6) is 0.343. The maximum absolute atomic E-state index is 14.5. The number of hydroxylamine groups is 2.